The van der Waals surface area contributed by atoms with E-state index in [4.69, 9.17) is 5.21 Å². The molecule has 0 aromatic carbocycles. The van der Waals surface area contributed by atoms with Crippen molar-refractivity contribution in [2.24, 2.45) is 0 Å². The summed E-state index contributed by atoms with van der Waals surface area (Å²) >= 11 is 0. The summed E-state index contributed by atoms with van der Waals surface area (Å²) in [6, 6.07) is 0. The SMILES string of the molecule is CN(CN(CN(C)[N+](=O)[O-])[N+](=O)[O-])N([O-])O. The van der Waals surface area contributed by atoms with Gasteiger partial charge in [0.15, 0.2) is 10.1 Å². The third-order valence-electron chi connectivity index (χ3n) is 1.54. The number of nitrogens with zero attached hydrogens (tertiary/aromatic N) is 6. The molecule has 0 spiro atoms. The predicted molar refractivity (Wildman–Crippen MR) is 48.1 cm³/mol. The van der Waals surface area contributed by atoms with Crippen LogP contribution in [0, 0.1) is 25.4 Å². The minimum Gasteiger partial charge on any atom is -0.748 e. The summed E-state index contributed by atoms with van der Waals surface area (Å²) in [4.78, 5) is 20.7. The van der Waals surface area contributed by atoms with E-state index in [0.717, 1.165) is 14.1 Å². The molecule has 0 amide bonds. The molecule has 0 unspecified atom stereocenters. The van der Waals surface area contributed by atoms with Crippen LogP contribution in [0.2, 0.25) is 0 Å². The van der Waals surface area contributed by atoms with Crippen LogP contribution in [-0.2, 0) is 0 Å². The van der Waals surface area contributed by atoms with E-state index in [2.05, 4.69) is 0 Å². The Morgan fingerprint density at radius 2 is 1.62 bits per heavy atom. The lowest BCUT2D eigenvalue weighted by atomic mass is 10.8. The summed E-state index contributed by atoms with van der Waals surface area (Å²) in [6.45, 7) is -1.25. The summed E-state index contributed by atoms with van der Waals surface area (Å²) in [6.07, 6.45) is 0. The molecule has 1 N–H and O–H groups in total. The standard InChI is InChI=1S/C4H11N6O6/c1-5(8(11)12)3-7(10(15)16)4-6(2)9(13)14/h11H,3-4H2,1-2H3/q-1. The van der Waals surface area contributed by atoms with Gasteiger partial charge in [-0.1, -0.05) is 5.01 Å². The van der Waals surface area contributed by atoms with Crippen LogP contribution >= 0.6 is 0 Å². The van der Waals surface area contributed by atoms with Crippen LogP contribution in [0.1, 0.15) is 0 Å². The zero-order valence-corrected chi connectivity index (χ0v) is 8.59. The van der Waals surface area contributed by atoms with Crippen molar-refractivity contribution in [2.75, 3.05) is 27.4 Å². The highest BCUT2D eigenvalue weighted by molar-refractivity contribution is 4.41. The number of hydrogen-bond donors (Lipinski definition) is 1. The molecule has 0 saturated carbocycles. The maximum Gasteiger partial charge on any atom is 0.209 e. The van der Waals surface area contributed by atoms with Crippen LogP contribution in [0.5, 0.6) is 0 Å². The molecule has 0 heterocycles. The van der Waals surface area contributed by atoms with Crippen molar-refractivity contribution in [1.29, 1.82) is 0 Å². The van der Waals surface area contributed by atoms with Crippen molar-refractivity contribution in [2.45, 2.75) is 0 Å². The zero-order chi connectivity index (χ0) is 12.9. The van der Waals surface area contributed by atoms with E-state index >= 15 is 0 Å². The molecule has 0 aliphatic heterocycles. The molecule has 0 aliphatic carbocycles. The van der Waals surface area contributed by atoms with Gasteiger partial charge in [0.25, 0.3) is 0 Å². The van der Waals surface area contributed by atoms with E-state index in [-0.39, 0.29) is 0 Å². The topological polar surface area (TPSA) is 143 Å². The van der Waals surface area contributed by atoms with Gasteiger partial charge in [-0.25, -0.2) is 25.2 Å². The van der Waals surface area contributed by atoms with Gasteiger partial charge in [-0.15, -0.1) is 5.01 Å². The molecule has 0 aromatic rings. The lowest BCUT2D eigenvalue weighted by Crippen LogP contribution is -2.49. The van der Waals surface area contributed by atoms with Gasteiger partial charge in [-0.3, -0.25) is 0 Å². The Labute approximate surface area is 89.6 Å². The number of hydrogen-bond acceptors (Lipinski definition) is 8. The summed E-state index contributed by atoms with van der Waals surface area (Å²) in [5.74, 6) is 0. The van der Waals surface area contributed by atoms with Gasteiger partial charge in [-0.2, -0.15) is 5.34 Å². The second-order valence-corrected chi connectivity index (χ2v) is 2.83. The van der Waals surface area contributed by atoms with Crippen LogP contribution in [0.15, 0.2) is 0 Å². The second kappa shape index (κ2) is 5.96. The van der Waals surface area contributed by atoms with E-state index < -0.39 is 28.7 Å². The van der Waals surface area contributed by atoms with Crippen LogP contribution in [0.25, 0.3) is 0 Å². The van der Waals surface area contributed by atoms with Crippen molar-refractivity contribution in [1.82, 2.24) is 20.4 Å². The second-order valence-electron chi connectivity index (χ2n) is 2.83. The van der Waals surface area contributed by atoms with Crippen molar-refractivity contribution in [3.05, 3.63) is 25.4 Å². The third kappa shape index (κ3) is 4.65. The van der Waals surface area contributed by atoms with Crippen LogP contribution in [-0.4, -0.2) is 63.1 Å². The molecule has 0 aromatic heterocycles. The predicted octanol–water partition coefficient (Wildman–Crippen LogP) is -1.45. The van der Waals surface area contributed by atoms with Crippen LogP contribution in [0.3, 0.4) is 0 Å². The van der Waals surface area contributed by atoms with Gasteiger partial charge >= 0.3 is 0 Å². The summed E-state index contributed by atoms with van der Waals surface area (Å²) in [5, 5.41) is 38.4. The Balaban J connectivity index is 4.40. The molecular formula is C4H11N6O6-. The largest absolute Gasteiger partial charge is 0.748 e. The Morgan fingerprint density at radius 1 is 1.12 bits per heavy atom. The lowest BCUT2D eigenvalue weighted by molar-refractivity contribution is -0.711. The molecule has 0 rings (SSSR count). The van der Waals surface area contributed by atoms with Gasteiger partial charge < -0.3 is 10.4 Å². The van der Waals surface area contributed by atoms with Gasteiger partial charge in [0.2, 0.25) is 6.67 Å². The van der Waals surface area contributed by atoms with Gasteiger partial charge in [0.1, 0.15) is 6.67 Å². The summed E-state index contributed by atoms with van der Waals surface area (Å²) in [7, 11) is 2.11. The highest BCUT2D eigenvalue weighted by Gasteiger charge is 2.23. The molecule has 12 nitrogen and oxygen atoms in total. The summed E-state index contributed by atoms with van der Waals surface area (Å²) < 4.78 is 0. The first-order chi connectivity index (χ1) is 7.25. The van der Waals surface area contributed by atoms with E-state index in [0.29, 0.717) is 15.0 Å². The Hall–Kier alpha value is -1.76. The lowest BCUT2D eigenvalue weighted by Gasteiger charge is -2.31. The highest BCUT2D eigenvalue weighted by Crippen LogP contribution is 1.96. The van der Waals surface area contributed by atoms with E-state index in [9.17, 15) is 25.4 Å². The van der Waals surface area contributed by atoms with Gasteiger partial charge in [0, 0.05) is 7.05 Å². The maximum atomic E-state index is 10.5. The molecular weight excluding hydrogens is 228 g/mol. The maximum absolute atomic E-state index is 10.5. The van der Waals surface area contributed by atoms with Crippen LogP contribution in [0.4, 0.5) is 0 Å². The number of hydrazine groups is 3. The first-order valence-corrected chi connectivity index (χ1v) is 3.87. The molecule has 0 atom stereocenters. The molecule has 0 radical (unpaired) electrons. The zero-order valence-electron chi connectivity index (χ0n) is 8.59. The smallest absolute Gasteiger partial charge is 0.209 e. The Bertz CT molecular complexity index is 259. The molecule has 16 heavy (non-hydrogen) atoms. The van der Waals surface area contributed by atoms with Crippen molar-refractivity contribution in [3.8, 4) is 0 Å². The van der Waals surface area contributed by atoms with Gasteiger partial charge in [-0.05, 0) is 0 Å². The number of nitro groups is 2. The fourth-order valence-electron chi connectivity index (χ4n) is 0.726. The average Bonchev–Trinajstić information content (AvgIpc) is 2.15. The van der Waals surface area contributed by atoms with E-state index in [1.165, 1.54) is 0 Å². The normalized spacial score (nSPS) is 10.6. The van der Waals surface area contributed by atoms with Crippen LogP contribution < -0.4 is 0 Å². The fourth-order valence-corrected chi connectivity index (χ4v) is 0.726. The minimum atomic E-state index is -0.917. The molecule has 0 aliphatic rings. The Morgan fingerprint density at radius 3 is 1.94 bits per heavy atom. The average molecular weight is 239 g/mol. The molecule has 0 saturated heterocycles. The quantitative estimate of drug-likeness (QED) is 0.318. The molecule has 0 bridgehead atoms. The highest BCUT2D eigenvalue weighted by atomic mass is 16.8. The van der Waals surface area contributed by atoms with Crippen molar-refractivity contribution in [3.63, 3.8) is 0 Å². The molecule has 94 valence electrons. The fraction of sp³-hybridized carbons (Fsp3) is 1.00. The van der Waals surface area contributed by atoms with Crippen molar-refractivity contribution >= 4 is 0 Å². The van der Waals surface area contributed by atoms with E-state index in [1.807, 2.05) is 0 Å². The number of rotatable bonds is 7. The molecule has 12 heteroatoms. The third-order valence-corrected chi connectivity index (χ3v) is 1.54. The van der Waals surface area contributed by atoms with Gasteiger partial charge in [0.05, 0.1) is 7.05 Å². The molecule has 0 fully saturated rings. The Kier molecular flexibility index (Phi) is 5.31. The van der Waals surface area contributed by atoms with E-state index in [1.54, 1.807) is 0 Å². The van der Waals surface area contributed by atoms with Crippen molar-refractivity contribution < 1.29 is 15.3 Å². The monoisotopic (exact) mass is 239 g/mol. The summed E-state index contributed by atoms with van der Waals surface area (Å²) in [5.41, 5.74) is 0. The minimum absolute atomic E-state index is 0.379. The first-order valence-electron chi connectivity index (χ1n) is 3.87. The first kappa shape index (κ1) is 14.2.